The van der Waals surface area contributed by atoms with E-state index in [9.17, 15) is 14.4 Å². The highest BCUT2D eigenvalue weighted by molar-refractivity contribution is 5.97. The molecule has 152 valence electrons. The predicted molar refractivity (Wildman–Crippen MR) is 107 cm³/mol. The van der Waals surface area contributed by atoms with Crippen LogP contribution in [0.4, 0.5) is 10.5 Å². The number of rotatable bonds is 3. The molecule has 1 aromatic heterocycles. The van der Waals surface area contributed by atoms with Gasteiger partial charge in [-0.2, -0.15) is 0 Å². The second kappa shape index (κ2) is 8.38. The molecule has 1 N–H and O–H groups in total. The Hall–Kier alpha value is -3.29. The van der Waals surface area contributed by atoms with Crippen LogP contribution in [0.15, 0.2) is 47.1 Å². The SMILES string of the molecule is O=C(Nc1cccc(C(=O)N2CCCC2)c1)N1CCN(C(=O)c2ccco2)CC1. The minimum Gasteiger partial charge on any atom is -0.459 e. The summed E-state index contributed by atoms with van der Waals surface area (Å²) in [5, 5.41) is 2.86. The van der Waals surface area contributed by atoms with Gasteiger partial charge in [0.15, 0.2) is 5.76 Å². The van der Waals surface area contributed by atoms with Gasteiger partial charge < -0.3 is 24.4 Å². The molecule has 0 saturated carbocycles. The van der Waals surface area contributed by atoms with Crippen LogP contribution in [0, 0.1) is 0 Å². The Morgan fingerprint density at radius 2 is 1.48 bits per heavy atom. The van der Waals surface area contributed by atoms with Crippen molar-refractivity contribution in [1.82, 2.24) is 14.7 Å². The summed E-state index contributed by atoms with van der Waals surface area (Å²) in [5.41, 5.74) is 1.17. The molecule has 2 aromatic rings. The van der Waals surface area contributed by atoms with Crippen LogP contribution in [0.5, 0.6) is 0 Å². The highest BCUT2D eigenvalue weighted by atomic mass is 16.3. The molecule has 0 spiro atoms. The number of furan rings is 1. The van der Waals surface area contributed by atoms with Crippen molar-refractivity contribution in [3.05, 3.63) is 54.0 Å². The lowest BCUT2D eigenvalue weighted by atomic mass is 10.1. The first-order valence-corrected chi connectivity index (χ1v) is 9.90. The van der Waals surface area contributed by atoms with Gasteiger partial charge in [-0.15, -0.1) is 0 Å². The highest BCUT2D eigenvalue weighted by Gasteiger charge is 2.26. The number of likely N-dealkylation sites (tertiary alicyclic amines) is 1. The first-order chi connectivity index (χ1) is 14.1. The van der Waals surface area contributed by atoms with Crippen LogP contribution in [0.1, 0.15) is 33.8 Å². The maximum Gasteiger partial charge on any atom is 0.321 e. The van der Waals surface area contributed by atoms with E-state index in [1.165, 1.54) is 6.26 Å². The molecule has 0 unspecified atom stereocenters. The molecule has 1 aromatic carbocycles. The van der Waals surface area contributed by atoms with Crippen molar-refractivity contribution in [3.8, 4) is 0 Å². The Balaban J connectivity index is 1.32. The molecule has 0 atom stereocenters. The lowest BCUT2D eigenvalue weighted by molar-refractivity contribution is 0.0640. The summed E-state index contributed by atoms with van der Waals surface area (Å²) in [6.07, 6.45) is 3.55. The summed E-state index contributed by atoms with van der Waals surface area (Å²) in [6, 6.07) is 10.1. The van der Waals surface area contributed by atoms with Crippen molar-refractivity contribution >= 4 is 23.5 Å². The first kappa shape index (κ1) is 19.0. The molecule has 8 heteroatoms. The zero-order chi connectivity index (χ0) is 20.2. The van der Waals surface area contributed by atoms with Crippen LogP contribution in [0.2, 0.25) is 0 Å². The second-order valence-corrected chi connectivity index (χ2v) is 7.27. The van der Waals surface area contributed by atoms with Crippen molar-refractivity contribution in [2.45, 2.75) is 12.8 Å². The van der Waals surface area contributed by atoms with Crippen molar-refractivity contribution in [2.24, 2.45) is 0 Å². The Kier molecular flexibility index (Phi) is 5.50. The molecular weight excluding hydrogens is 372 g/mol. The number of amides is 4. The molecule has 3 heterocycles. The largest absolute Gasteiger partial charge is 0.459 e. The highest BCUT2D eigenvalue weighted by Crippen LogP contribution is 2.17. The van der Waals surface area contributed by atoms with Crippen LogP contribution < -0.4 is 5.32 Å². The van der Waals surface area contributed by atoms with E-state index in [-0.39, 0.29) is 17.8 Å². The summed E-state index contributed by atoms with van der Waals surface area (Å²) in [6.45, 7) is 3.34. The molecule has 0 radical (unpaired) electrons. The number of urea groups is 1. The van der Waals surface area contributed by atoms with E-state index < -0.39 is 0 Å². The zero-order valence-electron chi connectivity index (χ0n) is 16.2. The normalized spacial score (nSPS) is 16.8. The number of carbonyl (C=O) groups excluding carboxylic acids is 3. The molecule has 2 saturated heterocycles. The summed E-state index contributed by atoms with van der Waals surface area (Å²) in [5.74, 6) is 0.147. The molecule has 2 fully saturated rings. The smallest absolute Gasteiger partial charge is 0.321 e. The molecule has 0 bridgehead atoms. The quantitative estimate of drug-likeness (QED) is 0.864. The molecule has 29 heavy (non-hydrogen) atoms. The fraction of sp³-hybridized carbons (Fsp3) is 0.381. The lowest BCUT2D eigenvalue weighted by Gasteiger charge is -2.34. The number of hydrogen-bond donors (Lipinski definition) is 1. The van der Waals surface area contributed by atoms with Crippen molar-refractivity contribution in [1.29, 1.82) is 0 Å². The number of nitrogens with one attached hydrogen (secondary N) is 1. The van der Waals surface area contributed by atoms with Gasteiger partial charge in [-0.05, 0) is 43.2 Å². The Morgan fingerprint density at radius 3 is 2.17 bits per heavy atom. The van der Waals surface area contributed by atoms with Crippen LogP contribution in [0.3, 0.4) is 0 Å². The number of benzene rings is 1. The molecule has 4 amide bonds. The Labute approximate surface area is 169 Å². The number of nitrogens with zero attached hydrogens (tertiary/aromatic N) is 3. The second-order valence-electron chi connectivity index (χ2n) is 7.27. The van der Waals surface area contributed by atoms with E-state index in [2.05, 4.69) is 5.32 Å². The van der Waals surface area contributed by atoms with Gasteiger partial charge in [0, 0.05) is 50.5 Å². The van der Waals surface area contributed by atoms with Crippen LogP contribution >= 0.6 is 0 Å². The number of piperazine rings is 1. The first-order valence-electron chi connectivity index (χ1n) is 9.90. The fourth-order valence-electron chi connectivity index (χ4n) is 3.70. The maximum absolute atomic E-state index is 12.6. The molecule has 2 aliphatic rings. The zero-order valence-corrected chi connectivity index (χ0v) is 16.2. The van der Waals surface area contributed by atoms with E-state index in [1.807, 2.05) is 4.90 Å². The molecular formula is C21H24N4O4. The van der Waals surface area contributed by atoms with Crippen molar-refractivity contribution < 1.29 is 18.8 Å². The summed E-state index contributed by atoms with van der Waals surface area (Å²) < 4.78 is 5.15. The van der Waals surface area contributed by atoms with E-state index in [1.54, 1.807) is 46.2 Å². The standard InChI is InChI=1S/C21H24N4O4/c26-19(23-8-1-2-9-23)16-5-3-6-17(15-16)22-21(28)25-12-10-24(11-13-25)20(27)18-7-4-14-29-18/h3-7,14-15H,1-2,8-13H2,(H,22,28). The third kappa shape index (κ3) is 4.26. The van der Waals surface area contributed by atoms with Gasteiger partial charge in [0.2, 0.25) is 0 Å². The molecule has 4 rings (SSSR count). The topological polar surface area (TPSA) is 86.1 Å². The van der Waals surface area contributed by atoms with Gasteiger partial charge in [0.1, 0.15) is 0 Å². The van der Waals surface area contributed by atoms with Crippen LogP contribution in [0.25, 0.3) is 0 Å². The third-order valence-electron chi connectivity index (χ3n) is 5.34. The number of carbonyl (C=O) groups is 3. The minimum absolute atomic E-state index is 0.00338. The maximum atomic E-state index is 12.6. The van der Waals surface area contributed by atoms with Gasteiger partial charge in [-0.3, -0.25) is 9.59 Å². The van der Waals surface area contributed by atoms with Crippen molar-refractivity contribution in [3.63, 3.8) is 0 Å². The Morgan fingerprint density at radius 1 is 0.793 bits per heavy atom. The number of anilines is 1. The predicted octanol–water partition coefficient (Wildman–Crippen LogP) is 2.51. The van der Waals surface area contributed by atoms with Gasteiger partial charge in [-0.25, -0.2) is 4.79 Å². The van der Waals surface area contributed by atoms with E-state index >= 15 is 0 Å². The van der Waals surface area contributed by atoms with E-state index in [0.29, 0.717) is 43.2 Å². The van der Waals surface area contributed by atoms with E-state index in [4.69, 9.17) is 4.42 Å². The third-order valence-corrected chi connectivity index (χ3v) is 5.34. The van der Waals surface area contributed by atoms with Gasteiger partial charge in [0.25, 0.3) is 11.8 Å². The number of hydrogen-bond acceptors (Lipinski definition) is 4. The summed E-state index contributed by atoms with van der Waals surface area (Å²) in [7, 11) is 0. The van der Waals surface area contributed by atoms with Gasteiger partial charge in [-0.1, -0.05) is 6.07 Å². The van der Waals surface area contributed by atoms with Crippen LogP contribution in [-0.4, -0.2) is 71.8 Å². The molecule has 2 aliphatic heterocycles. The average Bonchev–Trinajstić information content (AvgIpc) is 3.47. The van der Waals surface area contributed by atoms with Crippen molar-refractivity contribution in [2.75, 3.05) is 44.6 Å². The molecule has 0 aliphatic carbocycles. The Bertz CT molecular complexity index is 882. The van der Waals surface area contributed by atoms with E-state index in [0.717, 1.165) is 25.9 Å². The lowest BCUT2D eigenvalue weighted by Crippen LogP contribution is -2.51. The van der Waals surface area contributed by atoms with Crippen LogP contribution in [-0.2, 0) is 0 Å². The fourth-order valence-corrected chi connectivity index (χ4v) is 3.70. The average molecular weight is 396 g/mol. The van der Waals surface area contributed by atoms with Gasteiger partial charge in [0.05, 0.1) is 6.26 Å². The monoisotopic (exact) mass is 396 g/mol. The molecule has 8 nitrogen and oxygen atoms in total. The van der Waals surface area contributed by atoms with Gasteiger partial charge >= 0.3 is 6.03 Å². The summed E-state index contributed by atoms with van der Waals surface area (Å²) >= 11 is 0. The summed E-state index contributed by atoms with van der Waals surface area (Å²) in [4.78, 5) is 42.7. The minimum atomic E-state index is -0.235.